The summed E-state index contributed by atoms with van der Waals surface area (Å²) in [5.41, 5.74) is 2.80. The van der Waals surface area contributed by atoms with Crippen molar-refractivity contribution < 1.29 is 14.6 Å². The molecule has 0 saturated heterocycles. The van der Waals surface area contributed by atoms with E-state index in [1.54, 1.807) is 12.1 Å². The molecule has 0 aliphatic carbocycles. The van der Waals surface area contributed by atoms with Gasteiger partial charge in [0.05, 0.1) is 6.10 Å². The largest absolute Gasteiger partial charge is 0.491 e. The van der Waals surface area contributed by atoms with Gasteiger partial charge in [-0.25, -0.2) is 0 Å². The van der Waals surface area contributed by atoms with Gasteiger partial charge < -0.3 is 14.8 Å². The van der Waals surface area contributed by atoms with E-state index >= 15 is 0 Å². The van der Waals surface area contributed by atoms with E-state index < -0.39 is 12.0 Å². The number of aromatic amines is 1. The molecule has 1 heterocycles. The number of aliphatic carboxylic acids is 1. The molecule has 0 bridgehead atoms. The predicted molar refractivity (Wildman–Crippen MR) is 107 cm³/mol. The second-order valence-electron chi connectivity index (χ2n) is 6.75. The molecule has 0 aliphatic heterocycles. The highest BCUT2D eigenvalue weighted by Crippen LogP contribution is 2.24. The Morgan fingerprint density at radius 2 is 2.00 bits per heavy atom. The Labute approximate surface area is 163 Å². The molecule has 142 valence electrons. The standard InChI is InChI=1S/C21H23ClN2O3/c1-13(2)27-20-8-7-16(22)9-15(20)12-24-19(21(25)26)10-14-11-23-18-6-4-3-5-17(14)18/h3-9,11,13,19,23-24H,10,12H2,1-2H3,(H,25,26)/t19-/m0/s1. The first kappa shape index (κ1) is 19.3. The zero-order valence-corrected chi connectivity index (χ0v) is 16.1. The molecular weight excluding hydrogens is 364 g/mol. The van der Waals surface area contributed by atoms with Gasteiger partial charge >= 0.3 is 5.97 Å². The number of aromatic nitrogens is 1. The van der Waals surface area contributed by atoms with Gasteiger partial charge in [0.25, 0.3) is 0 Å². The molecule has 0 fully saturated rings. The van der Waals surface area contributed by atoms with E-state index in [9.17, 15) is 9.90 Å². The van der Waals surface area contributed by atoms with Gasteiger partial charge in [-0.2, -0.15) is 0 Å². The van der Waals surface area contributed by atoms with Crippen LogP contribution in [0.3, 0.4) is 0 Å². The Hall–Kier alpha value is -2.50. The number of benzene rings is 2. The smallest absolute Gasteiger partial charge is 0.321 e. The molecule has 3 rings (SSSR count). The Balaban J connectivity index is 1.76. The molecule has 1 aromatic heterocycles. The van der Waals surface area contributed by atoms with Gasteiger partial charge in [0.2, 0.25) is 0 Å². The number of carbonyl (C=O) groups is 1. The van der Waals surface area contributed by atoms with Crippen LogP contribution in [-0.2, 0) is 17.8 Å². The maximum atomic E-state index is 11.8. The van der Waals surface area contributed by atoms with E-state index in [-0.39, 0.29) is 6.10 Å². The molecule has 0 spiro atoms. The predicted octanol–water partition coefficient (Wildman–Crippen LogP) is 4.39. The summed E-state index contributed by atoms with van der Waals surface area (Å²) in [6.45, 7) is 4.24. The highest BCUT2D eigenvalue weighted by molar-refractivity contribution is 6.30. The van der Waals surface area contributed by atoms with Crippen molar-refractivity contribution in [3.05, 3.63) is 64.8 Å². The number of nitrogens with one attached hydrogen (secondary N) is 2. The number of hydrogen-bond donors (Lipinski definition) is 3. The van der Waals surface area contributed by atoms with Crippen molar-refractivity contribution in [3.8, 4) is 5.75 Å². The third-order valence-electron chi connectivity index (χ3n) is 4.32. The lowest BCUT2D eigenvalue weighted by Crippen LogP contribution is -2.38. The van der Waals surface area contributed by atoms with E-state index in [0.29, 0.717) is 23.7 Å². The van der Waals surface area contributed by atoms with Crippen LogP contribution in [0, 0.1) is 0 Å². The highest BCUT2D eigenvalue weighted by Gasteiger charge is 2.20. The average molecular weight is 387 g/mol. The van der Waals surface area contributed by atoms with Crippen LogP contribution in [-0.4, -0.2) is 28.2 Å². The van der Waals surface area contributed by atoms with Crippen LogP contribution >= 0.6 is 11.6 Å². The van der Waals surface area contributed by atoms with Gasteiger partial charge in [-0.3, -0.25) is 10.1 Å². The number of halogens is 1. The molecule has 0 unspecified atom stereocenters. The molecule has 0 aliphatic rings. The van der Waals surface area contributed by atoms with Crippen LogP contribution in [0.5, 0.6) is 5.75 Å². The molecule has 2 aromatic carbocycles. The maximum Gasteiger partial charge on any atom is 0.321 e. The molecule has 3 N–H and O–H groups in total. The maximum absolute atomic E-state index is 11.8. The fourth-order valence-corrected chi connectivity index (χ4v) is 3.25. The first-order valence-corrected chi connectivity index (χ1v) is 9.28. The summed E-state index contributed by atoms with van der Waals surface area (Å²) in [5.74, 6) is -0.188. The van der Waals surface area contributed by atoms with Crippen LogP contribution in [0.4, 0.5) is 0 Å². The minimum atomic E-state index is -0.895. The minimum absolute atomic E-state index is 0.0198. The van der Waals surface area contributed by atoms with Crippen LogP contribution in [0.25, 0.3) is 10.9 Å². The van der Waals surface area contributed by atoms with E-state index in [1.807, 2.05) is 50.4 Å². The number of hydrogen-bond acceptors (Lipinski definition) is 3. The number of H-pyrrole nitrogens is 1. The van der Waals surface area contributed by atoms with Crippen molar-refractivity contribution in [3.63, 3.8) is 0 Å². The lowest BCUT2D eigenvalue weighted by atomic mass is 10.0. The van der Waals surface area contributed by atoms with Crippen LogP contribution < -0.4 is 10.1 Å². The molecule has 6 heteroatoms. The fraction of sp³-hybridized carbons (Fsp3) is 0.286. The van der Waals surface area contributed by atoms with Gasteiger partial charge in [0.1, 0.15) is 11.8 Å². The number of carboxylic acids is 1. The van der Waals surface area contributed by atoms with Gasteiger partial charge in [0.15, 0.2) is 0 Å². The first-order chi connectivity index (χ1) is 12.9. The molecule has 0 saturated carbocycles. The van der Waals surface area contributed by atoms with Crippen molar-refractivity contribution in [2.24, 2.45) is 0 Å². The van der Waals surface area contributed by atoms with Crippen LogP contribution in [0.1, 0.15) is 25.0 Å². The monoisotopic (exact) mass is 386 g/mol. The molecule has 0 amide bonds. The summed E-state index contributed by atoms with van der Waals surface area (Å²) < 4.78 is 5.81. The lowest BCUT2D eigenvalue weighted by molar-refractivity contribution is -0.139. The fourth-order valence-electron chi connectivity index (χ4n) is 3.06. The highest BCUT2D eigenvalue weighted by atomic mass is 35.5. The molecule has 1 atom stereocenters. The number of para-hydroxylation sites is 1. The van der Waals surface area contributed by atoms with Crippen molar-refractivity contribution in [1.29, 1.82) is 0 Å². The topological polar surface area (TPSA) is 74.3 Å². The SMILES string of the molecule is CC(C)Oc1ccc(Cl)cc1CN[C@@H](Cc1c[nH]c2ccccc12)C(=O)O. The molecular formula is C21H23ClN2O3. The minimum Gasteiger partial charge on any atom is -0.491 e. The van der Waals surface area contributed by atoms with E-state index in [0.717, 1.165) is 22.0 Å². The summed E-state index contributed by atoms with van der Waals surface area (Å²) in [6, 6.07) is 12.5. The third-order valence-corrected chi connectivity index (χ3v) is 4.56. The lowest BCUT2D eigenvalue weighted by Gasteiger charge is -2.18. The van der Waals surface area contributed by atoms with E-state index in [2.05, 4.69) is 10.3 Å². The Bertz CT molecular complexity index is 936. The first-order valence-electron chi connectivity index (χ1n) is 8.90. The van der Waals surface area contributed by atoms with Gasteiger partial charge in [0, 0.05) is 40.7 Å². The summed E-state index contributed by atoms with van der Waals surface area (Å²) in [6.07, 6.45) is 2.27. The van der Waals surface area contributed by atoms with Crippen LogP contribution in [0.2, 0.25) is 5.02 Å². The van der Waals surface area contributed by atoms with Gasteiger partial charge in [-0.05, 0) is 43.7 Å². The van der Waals surface area contributed by atoms with Crippen molar-refractivity contribution in [2.45, 2.75) is 39.0 Å². The third kappa shape index (κ3) is 4.81. The summed E-state index contributed by atoms with van der Waals surface area (Å²) in [7, 11) is 0. The van der Waals surface area contributed by atoms with E-state index in [4.69, 9.17) is 16.3 Å². The van der Waals surface area contributed by atoms with Crippen LogP contribution in [0.15, 0.2) is 48.7 Å². The molecule has 3 aromatic rings. The second-order valence-corrected chi connectivity index (χ2v) is 7.19. The quantitative estimate of drug-likeness (QED) is 0.536. The number of rotatable bonds is 8. The molecule has 5 nitrogen and oxygen atoms in total. The summed E-state index contributed by atoms with van der Waals surface area (Å²) in [4.78, 5) is 15.0. The number of ether oxygens (including phenoxy) is 1. The van der Waals surface area contributed by atoms with Crippen molar-refractivity contribution in [1.82, 2.24) is 10.3 Å². The summed E-state index contributed by atoms with van der Waals surface area (Å²) >= 11 is 6.11. The molecule has 0 radical (unpaired) electrons. The van der Waals surface area contributed by atoms with Gasteiger partial charge in [-0.1, -0.05) is 29.8 Å². The molecule has 27 heavy (non-hydrogen) atoms. The zero-order valence-electron chi connectivity index (χ0n) is 15.3. The van der Waals surface area contributed by atoms with Crippen molar-refractivity contribution >= 4 is 28.5 Å². The number of fused-ring (bicyclic) bond motifs is 1. The second kappa shape index (κ2) is 8.46. The average Bonchev–Trinajstić information content (AvgIpc) is 3.03. The summed E-state index contributed by atoms with van der Waals surface area (Å²) in [5, 5.41) is 14.4. The Morgan fingerprint density at radius 3 is 2.74 bits per heavy atom. The zero-order chi connectivity index (χ0) is 19.4. The Kier molecular flexibility index (Phi) is 6.04. The Morgan fingerprint density at radius 1 is 1.22 bits per heavy atom. The van der Waals surface area contributed by atoms with Gasteiger partial charge in [-0.15, -0.1) is 0 Å². The normalized spacial score (nSPS) is 12.4. The van der Waals surface area contributed by atoms with E-state index in [1.165, 1.54) is 0 Å². The van der Waals surface area contributed by atoms with Crippen molar-refractivity contribution in [2.75, 3.05) is 0 Å². The number of carboxylic acid groups (broad SMARTS) is 1.